The lowest BCUT2D eigenvalue weighted by atomic mass is 10.2. The molecule has 0 atom stereocenters. The summed E-state index contributed by atoms with van der Waals surface area (Å²) >= 11 is 2.70. The Kier molecular flexibility index (Phi) is 5.03. The molecule has 0 aliphatic carbocycles. The van der Waals surface area contributed by atoms with Crippen LogP contribution in [0.15, 0.2) is 63.8 Å². The van der Waals surface area contributed by atoms with Gasteiger partial charge in [0.05, 0.1) is 17.6 Å². The van der Waals surface area contributed by atoms with Gasteiger partial charge in [0.25, 0.3) is 0 Å². The average molecular weight is 397 g/mol. The second-order valence-electron chi connectivity index (χ2n) is 5.54. The molecule has 0 saturated carbocycles. The molecule has 1 N–H and O–H groups in total. The van der Waals surface area contributed by atoms with Crippen LogP contribution in [0, 0.1) is 6.92 Å². The van der Waals surface area contributed by atoms with Crippen LogP contribution in [0.25, 0.3) is 17.1 Å². The van der Waals surface area contributed by atoms with Crippen molar-refractivity contribution < 1.29 is 9.21 Å². The number of aromatic nitrogens is 4. The zero-order valence-corrected chi connectivity index (χ0v) is 16.0. The fourth-order valence-electron chi connectivity index (χ4n) is 2.54. The number of nitrogens with zero attached hydrogens (tertiary/aromatic N) is 4. The van der Waals surface area contributed by atoms with Crippen molar-refractivity contribution in [2.45, 2.75) is 12.1 Å². The van der Waals surface area contributed by atoms with E-state index < -0.39 is 0 Å². The minimum Gasteiger partial charge on any atom is -0.469 e. The Morgan fingerprint density at radius 3 is 2.81 bits per heavy atom. The van der Waals surface area contributed by atoms with E-state index in [1.165, 1.54) is 23.1 Å². The van der Waals surface area contributed by atoms with Crippen LogP contribution < -0.4 is 5.32 Å². The van der Waals surface area contributed by atoms with Crippen molar-refractivity contribution in [3.63, 3.8) is 0 Å². The summed E-state index contributed by atoms with van der Waals surface area (Å²) in [5.41, 5.74) is 1.78. The Bertz CT molecular complexity index is 1040. The van der Waals surface area contributed by atoms with Gasteiger partial charge in [-0.15, -0.1) is 21.5 Å². The molecule has 27 heavy (non-hydrogen) atoms. The Labute approximate surface area is 163 Å². The number of thiazole rings is 1. The molecule has 0 aliphatic rings. The smallest absolute Gasteiger partial charge is 0.236 e. The first-order valence-electron chi connectivity index (χ1n) is 8.10. The van der Waals surface area contributed by atoms with Crippen LogP contribution in [-0.4, -0.2) is 31.4 Å². The summed E-state index contributed by atoms with van der Waals surface area (Å²) < 4.78 is 7.35. The zero-order chi connectivity index (χ0) is 18.6. The summed E-state index contributed by atoms with van der Waals surface area (Å²) in [7, 11) is 0. The lowest BCUT2D eigenvalue weighted by molar-refractivity contribution is -0.113. The van der Waals surface area contributed by atoms with Gasteiger partial charge in [0.2, 0.25) is 5.91 Å². The number of rotatable bonds is 6. The van der Waals surface area contributed by atoms with Gasteiger partial charge in [-0.25, -0.2) is 4.98 Å². The highest BCUT2D eigenvalue weighted by Crippen LogP contribution is 2.30. The number of benzene rings is 1. The minimum atomic E-state index is -0.140. The van der Waals surface area contributed by atoms with Gasteiger partial charge in [-0.3, -0.25) is 9.36 Å². The van der Waals surface area contributed by atoms with Crippen LogP contribution in [0.2, 0.25) is 0 Å². The third-order valence-electron chi connectivity index (χ3n) is 3.76. The second kappa shape index (κ2) is 7.77. The summed E-state index contributed by atoms with van der Waals surface area (Å²) in [5, 5.41) is 14.4. The van der Waals surface area contributed by atoms with Crippen LogP contribution in [-0.2, 0) is 4.79 Å². The number of amides is 1. The summed E-state index contributed by atoms with van der Waals surface area (Å²) in [4.78, 5) is 16.2. The largest absolute Gasteiger partial charge is 0.469 e. The highest BCUT2D eigenvalue weighted by atomic mass is 32.2. The molecule has 0 fully saturated rings. The van der Waals surface area contributed by atoms with E-state index in [0.29, 0.717) is 16.1 Å². The molecule has 0 saturated heterocycles. The van der Waals surface area contributed by atoms with Crippen molar-refractivity contribution >= 4 is 34.1 Å². The molecule has 0 radical (unpaired) electrons. The van der Waals surface area contributed by atoms with E-state index in [1.54, 1.807) is 12.5 Å². The van der Waals surface area contributed by atoms with Crippen LogP contribution in [0.4, 0.5) is 5.13 Å². The third kappa shape index (κ3) is 3.79. The lowest BCUT2D eigenvalue weighted by Gasteiger charge is -2.09. The zero-order valence-electron chi connectivity index (χ0n) is 14.3. The predicted octanol–water partition coefficient (Wildman–Crippen LogP) is 4.02. The maximum atomic E-state index is 12.2. The maximum absolute atomic E-state index is 12.2. The summed E-state index contributed by atoms with van der Waals surface area (Å²) in [5.74, 6) is 1.50. The first-order valence-corrected chi connectivity index (χ1v) is 9.96. The number of aryl methyl sites for hydroxylation is 1. The second-order valence-corrected chi connectivity index (χ2v) is 7.38. The standard InChI is InChI=1S/C18H15N5O2S2/c1-12-14(7-9-25-12)16-21-22-18(23(16)13-5-3-2-4-6-13)27-11-15(24)20-17-19-8-10-26-17/h2-10H,11H2,1H3,(H,19,20,24). The van der Waals surface area contributed by atoms with Crippen molar-refractivity contribution in [1.82, 2.24) is 19.7 Å². The van der Waals surface area contributed by atoms with Crippen LogP contribution in [0.3, 0.4) is 0 Å². The number of para-hydroxylation sites is 1. The number of furan rings is 1. The van der Waals surface area contributed by atoms with Crippen LogP contribution in [0.5, 0.6) is 0 Å². The predicted molar refractivity (Wildman–Crippen MR) is 105 cm³/mol. The number of carbonyl (C=O) groups excluding carboxylic acids is 1. The van der Waals surface area contributed by atoms with Crippen LogP contribution in [0.1, 0.15) is 5.76 Å². The SMILES string of the molecule is Cc1occc1-c1nnc(SCC(=O)Nc2nccs2)n1-c1ccccc1. The Morgan fingerprint density at radius 2 is 2.11 bits per heavy atom. The Balaban J connectivity index is 1.62. The topological polar surface area (TPSA) is 85.8 Å². The maximum Gasteiger partial charge on any atom is 0.236 e. The van der Waals surface area contributed by atoms with Gasteiger partial charge in [-0.2, -0.15) is 0 Å². The highest BCUT2D eigenvalue weighted by molar-refractivity contribution is 7.99. The monoisotopic (exact) mass is 397 g/mol. The minimum absolute atomic E-state index is 0.140. The van der Waals surface area contributed by atoms with Crippen molar-refractivity contribution in [3.8, 4) is 17.1 Å². The molecule has 0 bridgehead atoms. The number of hydrogen-bond donors (Lipinski definition) is 1. The molecule has 1 aromatic carbocycles. The van der Waals surface area contributed by atoms with Gasteiger partial charge in [-0.05, 0) is 25.1 Å². The normalized spacial score (nSPS) is 10.9. The molecule has 9 heteroatoms. The number of carbonyl (C=O) groups is 1. The van der Waals surface area contributed by atoms with Gasteiger partial charge in [-0.1, -0.05) is 30.0 Å². The van der Waals surface area contributed by atoms with Crippen molar-refractivity contribution in [2.75, 3.05) is 11.1 Å². The van der Waals surface area contributed by atoms with E-state index in [4.69, 9.17) is 4.42 Å². The van der Waals surface area contributed by atoms with E-state index in [1.807, 2.05) is 53.3 Å². The van der Waals surface area contributed by atoms with Gasteiger partial charge in [0.1, 0.15) is 5.76 Å². The summed E-state index contributed by atoms with van der Waals surface area (Å²) in [6, 6.07) is 11.7. The van der Waals surface area contributed by atoms with Crippen molar-refractivity contribution in [1.29, 1.82) is 0 Å². The number of nitrogens with one attached hydrogen (secondary N) is 1. The van der Waals surface area contributed by atoms with Gasteiger partial charge in [0, 0.05) is 17.3 Å². The van der Waals surface area contributed by atoms with E-state index in [2.05, 4.69) is 20.5 Å². The average Bonchev–Trinajstić information content (AvgIpc) is 3.41. The molecular weight excluding hydrogens is 382 g/mol. The van der Waals surface area contributed by atoms with E-state index in [9.17, 15) is 4.79 Å². The highest BCUT2D eigenvalue weighted by Gasteiger charge is 2.19. The molecule has 4 rings (SSSR count). The molecule has 3 aromatic heterocycles. The molecular formula is C18H15N5O2S2. The first kappa shape index (κ1) is 17.5. The van der Waals surface area contributed by atoms with E-state index in [0.717, 1.165) is 17.0 Å². The lowest BCUT2D eigenvalue weighted by Crippen LogP contribution is -2.14. The molecule has 1 amide bonds. The summed E-state index contributed by atoms with van der Waals surface area (Å²) in [6.07, 6.45) is 3.28. The molecule has 136 valence electrons. The number of hydrogen-bond acceptors (Lipinski definition) is 7. The van der Waals surface area contributed by atoms with Gasteiger partial charge in [0.15, 0.2) is 16.1 Å². The van der Waals surface area contributed by atoms with Crippen LogP contribution >= 0.6 is 23.1 Å². The van der Waals surface area contributed by atoms with Gasteiger partial charge < -0.3 is 9.73 Å². The van der Waals surface area contributed by atoms with Crippen molar-refractivity contribution in [2.24, 2.45) is 0 Å². The van der Waals surface area contributed by atoms with Gasteiger partial charge >= 0.3 is 0 Å². The third-order valence-corrected chi connectivity index (χ3v) is 5.38. The number of anilines is 1. The Hall–Kier alpha value is -2.91. The molecule has 0 unspecified atom stereocenters. The molecule has 0 aliphatic heterocycles. The van der Waals surface area contributed by atoms with Crippen molar-refractivity contribution in [3.05, 3.63) is 60.0 Å². The molecule has 4 aromatic rings. The number of thioether (sulfide) groups is 1. The fraction of sp³-hybridized carbons (Fsp3) is 0.111. The van der Waals surface area contributed by atoms with E-state index in [-0.39, 0.29) is 11.7 Å². The molecule has 3 heterocycles. The van der Waals surface area contributed by atoms with E-state index >= 15 is 0 Å². The summed E-state index contributed by atoms with van der Waals surface area (Å²) in [6.45, 7) is 1.88. The quantitative estimate of drug-likeness (QED) is 0.495. The fourth-order valence-corrected chi connectivity index (χ4v) is 3.83. The molecule has 7 nitrogen and oxygen atoms in total. The molecule has 0 spiro atoms. The first-order chi connectivity index (χ1) is 13.2. The Morgan fingerprint density at radius 1 is 1.26 bits per heavy atom.